The molecular weight excluding hydrogens is 320 g/mol. The molecule has 1 atom stereocenters. The fourth-order valence-corrected chi connectivity index (χ4v) is 4.85. The Morgan fingerprint density at radius 1 is 1.13 bits per heavy atom. The number of rotatable bonds is 3. The van der Waals surface area contributed by atoms with Crippen LogP contribution in [0, 0.1) is 18.6 Å². The predicted octanol–water partition coefficient (Wildman–Crippen LogP) is 3.80. The van der Waals surface area contributed by atoms with Gasteiger partial charge in [0.05, 0.1) is 6.04 Å². The van der Waals surface area contributed by atoms with E-state index in [1.807, 2.05) is 31.2 Å². The summed E-state index contributed by atoms with van der Waals surface area (Å²) in [4.78, 5) is -0.599. The van der Waals surface area contributed by atoms with Crippen molar-refractivity contribution in [3.8, 4) is 0 Å². The molecule has 2 aromatic carbocycles. The maximum absolute atomic E-state index is 14.0. The molecule has 0 unspecified atom stereocenters. The Morgan fingerprint density at radius 3 is 2.61 bits per heavy atom. The topological polar surface area (TPSA) is 37.4 Å². The number of sulfonamides is 1. The molecule has 1 heterocycles. The second-order valence-corrected chi connectivity index (χ2v) is 7.56. The third kappa shape index (κ3) is 2.88. The number of nitrogens with zero attached hydrogens (tertiary/aromatic N) is 1. The lowest BCUT2D eigenvalue weighted by Gasteiger charge is -2.25. The van der Waals surface area contributed by atoms with E-state index in [2.05, 4.69) is 0 Å². The molecule has 0 bridgehead atoms. The Balaban J connectivity index is 2.05. The summed E-state index contributed by atoms with van der Waals surface area (Å²) in [5, 5.41) is 0. The molecular formula is C17H17F2NO2S. The van der Waals surface area contributed by atoms with Gasteiger partial charge in [-0.2, -0.15) is 4.31 Å². The Kier molecular flexibility index (Phi) is 4.21. The number of hydrogen-bond acceptors (Lipinski definition) is 2. The first-order chi connectivity index (χ1) is 10.9. The minimum Gasteiger partial charge on any atom is -0.207 e. The Labute approximate surface area is 134 Å². The minimum absolute atomic E-state index is 0.303. The quantitative estimate of drug-likeness (QED) is 0.854. The van der Waals surface area contributed by atoms with Gasteiger partial charge in [0, 0.05) is 6.54 Å². The van der Waals surface area contributed by atoms with Gasteiger partial charge in [-0.15, -0.1) is 0 Å². The van der Waals surface area contributed by atoms with Crippen LogP contribution >= 0.6 is 0 Å². The molecule has 122 valence electrons. The van der Waals surface area contributed by atoms with Crippen molar-refractivity contribution in [2.24, 2.45) is 0 Å². The lowest BCUT2D eigenvalue weighted by molar-refractivity contribution is 0.392. The van der Waals surface area contributed by atoms with E-state index in [4.69, 9.17) is 0 Å². The van der Waals surface area contributed by atoms with Gasteiger partial charge in [0.25, 0.3) is 0 Å². The smallest absolute Gasteiger partial charge is 0.207 e. The highest BCUT2D eigenvalue weighted by atomic mass is 32.2. The highest BCUT2D eigenvalue weighted by molar-refractivity contribution is 7.89. The van der Waals surface area contributed by atoms with Crippen LogP contribution in [0.15, 0.2) is 47.4 Å². The normalized spacial score (nSPS) is 19.2. The molecule has 0 saturated carbocycles. The van der Waals surface area contributed by atoms with Crippen molar-refractivity contribution in [1.82, 2.24) is 4.31 Å². The Hall–Kier alpha value is -1.79. The summed E-state index contributed by atoms with van der Waals surface area (Å²) in [6.07, 6.45) is 1.36. The van der Waals surface area contributed by atoms with E-state index in [0.29, 0.717) is 19.4 Å². The van der Waals surface area contributed by atoms with Crippen LogP contribution in [0.1, 0.15) is 30.0 Å². The van der Waals surface area contributed by atoms with E-state index in [9.17, 15) is 17.2 Å². The summed E-state index contributed by atoms with van der Waals surface area (Å²) in [6, 6.07) is 9.71. The zero-order valence-corrected chi connectivity index (χ0v) is 13.5. The molecule has 0 aromatic heterocycles. The predicted molar refractivity (Wildman–Crippen MR) is 83.4 cm³/mol. The van der Waals surface area contributed by atoms with Crippen molar-refractivity contribution in [3.63, 3.8) is 0 Å². The molecule has 1 aliphatic heterocycles. The number of benzene rings is 2. The number of hydrogen-bond donors (Lipinski definition) is 0. The molecule has 3 rings (SSSR count). The van der Waals surface area contributed by atoms with Crippen LogP contribution in [-0.2, 0) is 10.0 Å². The molecule has 0 aliphatic carbocycles. The summed E-state index contributed by atoms with van der Waals surface area (Å²) >= 11 is 0. The Morgan fingerprint density at radius 2 is 1.87 bits per heavy atom. The van der Waals surface area contributed by atoms with Crippen LogP contribution in [0.3, 0.4) is 0 Å². The average Bonchev–Trinajstić information content (AvgIpc) is 3.00. The zero-order chi connectivity index (χ0) is 16.6. The zero-order valence-electron chi connectivity index (χ0n) is 12.7. The fraction of sp³-hybridized carbons (Fsp3) is 0.294. The van der Waals surface area contributed by atoms with Gasteiger partial charge in [0.2, 0.25) is 10.0 Å². The van der Waals surface area contributed by atoms with Crippen molar-refractivity contribution >= 4 is 10.0 Å². The van der Waals surface area contributed by atoms with Gasteiger partial charge in [-0.1, -0.05) is 24.3 Å². The van der Waals surface area contributed by atoms with Gasteiger partial charge in [-0.05, 0) is 49.1 Å². The van der Waals surface area contributed by atoms with E-state index < -0.39 is 26.6 Å². The molecule has 3 nitrogen and oxygen atoms in total. The van der Waals surface area contributed by atoms with Crippen LogP contribution in [0.5, 0.6) is 0 Å². The van der Waals surface area contributed by atoms with Crippen molar-refractivity contribution < 1.29 is 17.2 Å². The third-order valence-corrected chi connectivity index (χ3v) is 6.15. The monoisotopic (exact) mass is 337 g/mol. The summed E-state index contributed by atoms with van der Waals surface area (Å²) in [7, 11) is -4.09. The third-order valence-electron chi connectivity index (χ3n) is 4.23. The second kappa shape index (κ2) is 6.02. The van der Waals surface area contributed by atoms with Gasteiger partial charge in [0.1, 0.15) is 16.5 Å². The maximum Gasteiger partial charge on any atom is 0.246 e. The van der Waals surface area contributed by atoms with Gasteiger partial charge in [0.15, 0.2) is 0 Å². The van der Waals surface area contributed by atoms with Crippen LogP contribution in [0.4, 0.5) is 8.78 Å². The molecule has 6 heteroatoms. The van der Waals surface area contributed by atoms with Crippen molar-refractivity contribution in [1.29, 1.82) is 0 Å². The van der Waals surface area contributed by atoms with E-state index in [1.54, 1.807) is 0 Å². The fourth-order valence-electron chi connectivity index (χ4n) is 3.10. The number of aryl methyl sites for hydroxylation is 1. The molecule has 2 aromatic rings. The summed E-state index contributed by atoms with van der Waals surface area (Å²) in [5.41, 5.74) is 1.89. The molecule has 1 fully saturated rings. The molecule has 1 aliphatic rings. The van der Waals surface area contributed by atoms with Crippen molar-refractivity contribution in [2.45, 2.75) is 30.7 Å². The first-order valence-corrected chi connectivity index (χ1v) is 8.87. The summed E-state index contributed by atoms with van der Waals surface area (Å²) < 4.78 is 54.3. The van der Waals surface area contributed by atoms with Crippen LogP contribution < -0.4 is 0 Å². The molecule has 0 radical (unpaired) electrons. The standard InChI is InChI=1S/C17H17F2NO2S/c1-12-5-2-3-6-14(12)16-7-4-10-20(16)23(21,22)17-11-13(18)8-9-15(17)19/h2-3,5-6,8-9,11,16H,4,7,10H2,1H3/t16-/m0/s1. The van der Waals surface area contributed by atoms with Crippen molar-refractivity contribution in [3.05, 3.63) is 65.2 Å². The van der Waals surface area contributed by atoms with Crippen LogP contribution in [0.25, 0.3) is 0 Å². The van der Waals surface area contributed by atoms with E-state index in [1.165, 1.54) is 4.31 Å². The molecule has 0 amide bonds. The van der Waals surface area contributed by atoms with Gasteiger partial charge < -0.3 is 0 Å². The Bertz CT molecular complexity index is 836. The lowest BCUT2D eigenvalue weighted by atomic mass is 10.0. The average molecular weight is 337 g/mol. The van der Waals surface area contributed by atoms with E-state index in [-0.39, 0.29) is 6.04 Å². The summed E-state index contributed by atoms with van der Waals surface area (Å²) in [6.45, 7) is 2.22. The first kappa shape index (κ1) is 16.1. The second-order valence-electron chi connectivity index (χ2n) is 5.71. The number of halogens is 2. The molecule has 1 saturated heterocycles. The van der Waals surface area contributed by atoms with E-state index >= 15 is 0 Å². The minimum atomic E-state index is -4.09. The highest BCUT2D eigenvalue weighted by Gasteiger charge is 2.38. The van der Waals surface area contributed by atoms with Gasteiger partial charge in [-0.3, -0.25) is 0 Å². The van der Waals surface area contributed by atoms with Gasteiger partial charge >= 0.3 is 0 Å². The van der Waals surface area contributed by atoms with E-state index in [0.717, 1.165) is 29.3 Å². The highest BCUT2D eigenvalue weighted by Crippen LogP contribution is 2.38. The largest absolute Gasteiger partial charge is 0.246 e. The van der Waals surface area contributed by atoms with Crippen LogP contribution in [-0.4, -0.2) is 19.3 Å². The molecule has 23 heavy (non-hydrogen) atoms. The van der Waals surface area contributed by atoms with Crippen molar-refractivity contribution in [2.75, 3.05) is 6.54 Å². The molecule has 0 N–H and O–H groups in total. The lowest BCUT2D eigenvalue weighted by Crippen LogP contribution is -2.31. The van der Waals surface area contributed by atoms with Gasteiger partial charge in [-0.25, -0.2) is 17.2 Å². The summed E-state index contributed by atoms with van der Waals surface area (Å²) in [5.74, 6) is -1.70. The maximum atomic E-state index is 14.0. The first-order valence-electron chi connectivity index (χ1n) is 7.43. The molecule has 0 spiro atoms. The SMILES string of the molecule is Cc1ccccc1[C@@H]1CCCN1S(=O)(=O)c1cc(F)ccc1F. The van der Waals surface area contributed by atoms with Crippen LogP contribution in [0.2, 0.25) is 0 Å².